The Labute approximate surface area is 175 Å². The number of carbonyl (C=O) groups excluding carboxylic acids is 2. The number of hydrogen-bond donors (Lipinski definition) is 1. The average Bonchev–Trinajstić information content (AvgIpc) is 2.81. The molecule has 5 rings (SSSR count). The molecule has 1 unspecified atom stereocenters. The summed E-state index contributed by atoms with van der Waals surface area (Å²) < 4.78 is 0. The molecule has 3 heteroatoms. The minimum Gasteiger partial charge on any atom is -0.324 e. The van der Waals surface area contributed by atoms with Crippen LogP contribution in [0.15, 0.2) is 109 Å². The van der Waals surface area contributed by atoms with Crippen LogP contribution in [0.2, 0.25) is 0 Å². The lowest BCUT2D eigenvalue weighted by Crippen LogP contribution is -2.51. The van der Waals surface area contributed by atoms with E-state index in [1.807, 2.05) is 97.1 Å². The number of ketones is 1. The van der Waals surface area contributed by atoms with Crippen molar-refractivity contribution in [3.8, 4) is 11.1 Å². The summed E-state index contributed by atoms with van der Waals surface area (Å²) >= 11 is 0. The fourth-order valence-corrected chi connectivity index (χ4v) is 4.23. The number of fused-ring (bicyclic) bond motifs is 1. The van der Waals surface area contributed by atoms with E-state index in [0.717, 1.165) is 11.1 Å². The van der Waals surface area contributed by atoms with Gasteiger partial charge in [0.1, 0.15) is 0 Å². The predicted octanol–water partition coefficient (Wildman–Crippen LogP) is 5.47. The largest absolute Gasteiger partial charge is 0.324 e. The van der Waals surface area contributed by atoms with Crippen LogP contribution < -0.4 is 5.32 Å². The van der Waals surface area contributed by atoms with Gasteiger partial charge in [0.25, 0.3) is 0 Å². The van der Waals surface area contributed by atoms with E-state index in [1.54, 1.807) is 12.1 Å². The van der Waals surface area contributed by atoms with Crippen molar-refractivity contribution in [2.24, 2.45) is 0 Å². The van der Waals surface area contributed by atoms with Crippen LogP contribution in [-0.4, -0.2) is 11.7 Å². The average molecular weight is 389 g/mol. The molecule has 0 spiro atoms. The van der Waals surface area contributed by atoms with Gasteiger partial charge in [-0.15, -0.1) is 0 Å². The number of hydrogen-bond acceptors (Lipinski definition) is 2. The van der Waals surface area contributed by atoms with Crippen LogP contribution >= 0.6 is 0 Å². The van der Waals surface area contributed by atoms with E-state index in [1.165, 1.54) is 0 Å². The van der Waals surface area contributed by atoms with Gasteiger partial charge >= 0.3 is 0 Å². The van der Waals surface area contributed by atoms with Gasteiger partial charge in [0, 0.05) is 5.56 Å². The van der Waals surface area contributed by atoms with E-state index in [9.17, 15) is 9.59 Å². The van der Waals surface area contributed by atoms with Crippen molar-refractivity contribution >= 4 is 17.4 Å². The number of Topliss-reactive ketones (excluding diaryl/α,β-unsaturated/α-hetero) is 1. The molecule has 0 aliphatic carbocycles. The standard InChI is InChI=1S/C27H19NO2/c29-25-23-13-7-8-14-24(23)28-26(30)27(25,21-11-5-2-6-12-21)22-17-15-20(16-18-22)19-9-3-1-4-10-19/h1-18H,(H,28,30). The highest BCUT2D eigenvalue weighted by Crippen LogP contribution is 2.42. The molecule has 1 N–H and O–H groups in total. The van der Waals surface area contributed by atoms with Crippen LogP contribution in [0.3, 0.4) is 0 Å². The number of rotatable bonds is 3. The predicted molar refractivity (Wildman–Crippen MR) is 119 cm³/mol. The molecule has 0 saturated heterocycles. The normalized spacial score (nSPS) is 17.9. The fraction of sp³-hybridized carbons (Fsp3) is 0.0370. The van der Waals surface area contributed by atoms with Crippen LogP contribution in [0.1, 0.15) is 21.5 Å². The quantitative estimate of drug-likeness (QED) is 0.472. The molecule has 1 heterocycles. The fourth-order valence-electron chi connectivity index (χ4n) is 4.23. The maximum atomic E-state index is 13.8. The van der Waals surface area contributed by atoms with Gasteiger partial charge in [-0.2, -0.15) is 0 Å². The second kappa shape index (κ2) is 7.12. The topological polar surface area (TPSA) is 46.2 Å². The molecule has 0 aromatic heterocycles. The molecule has 0 bridgehead atoms. The SMILES string of the molecule is O=C1Nc2ccccc2C(=O)C1(c1ccccc1)c1ccc(-c2ccccc2)cc1. The molecule has 3 nitrogen and oxygen atoms in total. The smallest absolute Gasteiger partial charge is 0.247 e. The Morgan fingerprint density at radius 2 is 1.07 bits per heavy atom. The Morgan fingerprint density at radius 1 is 0.533 bits per heavy atom. The molecule has 1 atom stereocenters. The van der Waals surface area contributed by atoms with Crippen LogP contribution in [-0.2, 0) is 10.2 Å². The van der Waals surface area contributed by atoms with Gasteiger partial charge < -0.3 is 5.32 Å². The number of carbonyl (C=O) groups is 2. The summed E-state index contributed by atoms with van der Waals surface area (Å²) in [6, 6.07) is 34.2. The van der Waals surface area contributed by atoms with Crippen LogP contribution in [0.5, 0.6) is 0 Å². The van der Waals surface area contributed by atoms with Gasteiger partial charge in [0.15, 0.2) is 11.2 Å². The van der Waals surface area contributed by atoms with Gasteiger partial charge in [-0.25, -0.2) is 0 Å². The van der Waals surface area contributed by atoms with Gasteiger partial charge in [0.2, 0.25) is 5.91 Å². The summed E-state index contributed by atoms with van der Waals surface area (Å²) in [4.78, 5) is 27.4. The second-order valence-corrected chi connectivity index (χ2v) is 7.39. The Bertz CT molecular complexity index is 1230. The first-order chi connectivity index (χ1) is 14.7. The van der Waals surface area contributed by atoms with Crippen molar-refractivity contribution in [3.63, 3.8) is 0 Å². The lowest BCUT2D eigenvalue weighted by Gasteiger charge is -2.36. The Balaban J connectivity index is 1.71. The maximum Gasteiger partial charge on any atom is 0.247 e. The van der Waals surface area contributed by atoms with Crippen LogP contribution in [0.4, 0.5) is 5.69 Å². The molecule has 1 aliphatic heterocycles. The van der Waals surface area contributed by atoms with Crippen molar-refractivity contribution in [1.29, 1.82) is 0 Å². The Kier molecular flexibility index (Phi) is 4.29. The minimum absolute atomic E-state index is 0.208. The van der Waals surface area contributed by atoms with E-state index >= 15 is 0 Å². The summed E-state index contributed by atoms with van der Waals surface area (Å²) in [5.74, 6) is -0.537. The molecule has 30 heavy (non-hydrogen) atoms. The van der Waals surface area contributed by atoms with E-state index in [2.05, 4.69) is 5.32 Å². The molecule has 4 aromatic rings. The number of benzene rings is 4. The molecular formula is C27H19NO2. The highest BCUT2D eigenvalue weighted by molar-refractivity contribution is 6.30. The Morgan fingerprint density at radius 3 is 1.77 bits per heavy atom. The number of anilines is 1. The van der Waals surface area contributed by atoms with Crippen LogP contribution in [0.25, 0.3) is 11.1 Å². The van der Waals surface area contributed by atoms with E-state index in [0.29, 0.717) is 22.4 Å². The molecule has 144 valence electrons. The molecule has 0 fully saturated rings. The molecule has 0 radical (unpaired) electrons. The molecule has 1 aliphatic rings. The third-order valence-corrected chi connectivity index (χ3v) is 5.73. The zero-order valence-electron chi connectivity index (χ0n) is 16.2. The number of nitrogens with one attached hydrogen (secondary N) is 1. The van der Waals surface area contributed by atoms with Crippen molar-refractivity contribution in [2.75, 3.05) is 5.32 Å². The molecule has 0 saturated carbocycles. The van der Waals surface area contributed by atoms with Gasteiger partial charge in [0.05, 0.1) is 5.69 Å². The van der Waals surface area contributed by atoms with Gasteiger partial charge in [-0.3, -0.25) is 9.59 Å². The lowest BCUT2D eigenvalue weighted by molar-refractivity contribution is -0.119. The summed E-state index contributed by atoms with van der Waals surface area (Å²) in [6.07, 6.45) is 0. The first kappa shape index (κ1) is 18.1. The minimum atomic E-state index is -1.43. The van der Waals surface area contributed by atoms with Crippen LogP contribution in [0, 0.1) is 0 Å². The zero-order valence-corrected chi connectivity index (χ0v) is 16.2. The monoisotopic (exact) mass is 389 g/mol. The van der Waals surface area contributed by atoms with E-state index in [4.69, 9.17) is 0 Å². The zero-order chi connectivity index (χ0) is 20.6. The molecule has 1 amide bonds. The third-order valence-electron chi connectivity index (χ3n) is 5.73. The first-order valence-electron chi connectivity index (χ1n) is 9.88. The Hall–Kier alpha value is -3.98. The highest BCUT2D eigenvalue weighted by atomic mass is 16.2. The van der Waals surface area contributed by atoms with E-state index < -0.39 is 5.41 Å². The van der Waals surface area contributed by atoms with Crippen molar-refractivity contribution in [3.05, 3.63) is 126 Å². The third kappa shape index (κ3) is 2.67. The summed E-state index contributed by atoms with van der Waals surface area (Å²) in [7, 11) is 0. The highest BCUT2D eigenvalue weighted by Gasteiger charge is 2.52. The maximum absolute atomic E-state index is 13.8. The molecular weight excluding hydrogens is 370 g/mol. The van der Waals surface area contributed by atoms with Gasteiger partial charge in [-0.05, 0) is 34.4 Å². The van der Waals surface area contributed by atoms with Crippen molar-refractivity contribution < 1.29 is 9.59 Å². The first-order valence-corrected chi connectivity index (χ1v) is 9.88. The van der Waals surface area contributed by atoms with Gasteiger partial charge in [-0.1, -0.05) is 97.1 Å². The summed E-state index contributed by atoms with van der Waals surface area (Å²) in [5.41, 5.74) is 3.09. The lowest BCUT2D eigenvalue weighted by atomic mass is 9.66. The summed E-state index contributed by atoms with van der Waals surface area (Å²) in [6.45, 7) is 0. The second-order valence-electron chi connectivity index (χ2n) is 7.39. The van der Waals surface area contributed by atoms with E-state index in [-0.39, 0.29) is 11.7 Å². The molecule has 4 aromatic carbocycles. The van der Waals surface area contributed by atoms with Crippen molar-refractivity contribution in [2.45, 2.75) is 5.41 Å². The number of amides is 1. The van der Waals surface area contributed by atoms with Crippen molar-refractivity contribution in [1.82, 2.24) is 0 Å². The summed E-state index contributed by atoms with van der Waals surface area (Å²) in [5, 5.41) is 2.96. The number of para-hydroxylation sites is 1.